The average molecular weight is 322 g/mol. The first-order valence-corrected chi connectivity index (χ1v) is 8.88. The maximum Gasteiger partial charge on any atom is 0.229 e. The van der Waals surface area contributed by atoms with E-state index in [2.05, 4.69) is 35.6 Å². The van der Waals surface area contributed by atoms with Gasteiger partial charge in [0.2, 0.25) is 5.91 Å². The molecule has 1 atom stereocenters. The van der Waals surface area contributed by atoms with Crippen molar-refractivity contribution < 1.29 is 4.79 Å². The van der Waals surface area contributed by atoms with Crippen molar-refractivity contribution in [1.29, 1.82) is 0 Å². The fourth-order valence-electron chi connectivity index (χ4n) is 3.68. The van der Waals surface area contributed by atoms with Gasteiger partial charge in [-0.15, -0.1) is 0 Å². The lowest BCUT2D eigenvalue weighted by molar-refractivity contribution is -0.123. The molecule has 0 heterocycles. The van der Waals surface area contributed by atoms with Gasteiger partial charge in [-0.25, -0.2) is 0 Å². The molecule has 0 saturated heterocycles. The number of hydrogen-bond donors (Lipinski definition) is 2. The summed E-state index contributed by atoms with van der Waals surface area (Å²) in [6.07, 6.45) is 4.34. The van der Waals surface area contributed by atoms with Crippen molar-refractivity contribution in [2.75, 3.05) is 6.54 Å². The molecule has 1 saturated carbocycles. The minimum absolute atomic E-state index is 0.0619. The lowest BCUT2D eigenvalue weighted by Crippen LogP contribution is -2.41. The highest BCUT2D eigenvalue weighted by atomic mass is 16.1. The van der Waals surface area contributed by atoms with Crippen molar-refractivity contribution >= 4 is 5.91 Å². The number of rotatable bonds is 5. The van der Waals surface area contributed by atoms with Crippen molar-refractivity contribution in [1.82, 2.24) is 5.32 Å². The number of carbonyl (C=O) groups is 1. The second-order valence-electron chi connectivity index (χ2n) is 6.67. The van der Waals surface area contributed by atoms with Crippen molar-refractivity contribution in [3.63, 3.8) is 0 Å². The van der Waals surface area contributed by atoms with Gasteiger partial charge in [-0.3, -0.25) is 4.79 Å². The van der Waals surface area contributed by atoms with Crippen LogP contribution in [0.25, 0.3) is 0 Å². The molecular weight excluding hydrogens is 296 g/mol. The van der Waals surface area contributed by atoms with E-state index in [-0.39, 0.29) is 17.9 Å². The molecule has 3 heteroatoms. The van der Waals surface area contributed by atoms with Crippen LogP contribution in [0.2, 0.25) is 0 Å². The fraction of sp³-hybridized carbons (Fsp3) is 0.381. The van der Waals surface area contributed by atoms with Crippen LogP contribution < -0.4 is 11.1 Å². The smallest absolute Gasteiger partial charge is 0.229 e. The molecule has 3 N–H and O–H groups in total. The molecule has 0 aliphatic heterocycles. The molecule has 1 aliphatic carbocycles. The van der Waals surface area contributed by atoms with Gasteiger partial charge in [0.1, 0.15) is 0 Å². The van der Waals surface area contributed by atoms with Crippen LogP contribution in [0.5, 0.6) is 0 Å². The molecule has 0 spiro atoms. The van der Waals surface area contributed by atoms with Crippen molar-refractivity contribution in [2.45, 2.75) is 43.6 Å². The highest BCUT2D eigenvalue weighted by Crippen LogP contribution is 2.32. The number of carbonyl (C=O) groups excluding carboxylic acids is 1. The first-order chi connectivity index (χ1) is 11.8. The Balaban J connectivity index is 1.55. The maximum absolute atomic E-state index is 12.6. The molecule has 24 heavy (non-hydrogen) atoms. The molecule has 1 fully saturated rings. The molecule has 2 aromatic rings. The van der Waals surface area contributed by atoms with Gasteiger partial charge in [-0.1, -0.05) is 60.7 Å². The Morgan fingerprint density at radius 2 is 1.54 bits per heavy atom. The molecule has 1 amide bonds. The van der Waals surface area contributed by atoms with E-state index in [0.717, 1.165) is 31.2 Å². The van der Waals surface area contributed by atoms with Crippen molar-refractivity contribution in [2.24, 2.45) is 5.73 Å². The van der Waals surface area contributed by atoms with E-state index in [0.29, 0.717) is 12.5 Å². The summed E-state index contributed by atoms with van der Waals surface area (Å²) in [4.78, 5) is 12.6. The van der Waals surface area contributed by atoms with E-state index in [1.165, 1.54) is 5.56 Å². The van der Waals surface area contributed by atoms with E-state index in [9.17, 15) is 4.79 Å². The summed E-state index contributed by atoms with van der Waals surface area (Å²) in [5, 5.41) is 3.22. The van der Waals surface area contributed by atoms with Crippen LogP contribution in [-0.4, -0.2) is 18.5 Å². The zero-order valence-electron chi connectivity index (χ0n) is 14.0. The van der Waals surface area contributed by atoms with Crippen molar-refractivity contribution in [3.05, 3.63) is 71.8 Å². The SMILES string of the molecule is NCC(C(=O)NC1CCC(c2ccccc2)CC1)c1ccccc1. The quantitative estimate of drug-likeness (QED) is 0.884. The van der Waals surface area contributed by atoms with Gasteiger partial charge in [0.05, 0.1) is 5.92 Å². The molecule has 0 bridgehead atoms. The van der Waals surface area contributed by atoms with E-state index in [4.69, 9.17) is 5.73 Å². The Bertz CT molecular complexity index is 633. The standard InChI is InChI=1S/C21H26N2O/c22-15-20(18-9-5-2-6-10-18)21(24)23-19-13-11-17(12-14-19)16-7-3-1-4-8-16/h1-10,17,19-20H,11-15,22H2,(H,23,24). The lowest BCUT2D eigenvalue weighted by atomic mass is 9.81. The fourth-order valence-corrected chi connectivity index (χ4v) is 3.68. The summed E-state index contributed by atoms with van der Waals surface area (Å²) in [6.45, 7) is 0.342. The molecule has 2 aromatic carbocycles. The van der Waals surface area contributed by atoms with Crippen LogP contribution in [0, 0.1) is 0 Å². The third-order valence-corrected chi connectivity index (χ3v) is 5.10. The molecule has 0 aromatic heterocycles. The van der Waals surface area contributed by atoms with Crippen LogP contribution in [-0.2, 0) is 4.79 Å². The molecule has 1 aliphatic rings. The predicted octanol–water partition coefficient (Wildman–Crippen LogP) is 3.57. The number of nitrogens with two attached hydrogens (primary N) is 1. The normalized spacial score (nSPS) is 21.9. The Morgan fingerprint density at radius 1 is 0.958 bits per heavy atom. The first-order valence-electron chi connectivity index (χ1n) is 8.88. The summed E-state index contributed by atoms with van der Waals surface area (Å²) in [5.74, 6) is 0.434. The third kappa shape index (κ3) is 4.04. The van der Waals surface area contributed by atoms with Crippen molar-refractivity contribution in [3.8, 4) is 0 Å². The summed E-state index contributed by atoms with van der Waals surface area (Å²) in [5.41, 5.74) is 8.27. The number of benzene rings is 2. The van der Waals surface area contributed by atoms with E-state index >= 15 is 0 Å². The van der Waals surface area contributed by atoms with Crippen LogP contribution >= 0.6 is 0 Å². The monoisotopic (exact) mass is 322 g/mol. The first kappa shape index (κ1) is 16.7. The van der Waals surface area contributed by atoms with Gasteiger partial charge in [-0.2, -0.15) is 0 Å². The molecule has 126 valence electrons. The summed E-state index contributed by atoms with van der Waals surface area (Å²) < 4.78 is 0. The predicted molar refractivity (Wildman–Crippen MR) is 97.8 cm³/mol. The second kappa shape index (κ2) is 8.11. The molecule has 3 rings (SSSR count). The van der Waals surface area contributed by atoms with Gasteiger partial charge >= 0.3 is 0 Å². The maximum atomic E-state index is 12.6. The van der Waals surface area contributed by atoms with E-state index in [1.807, 2.05) is 30.3 Å². The van der Waals surface area contributed by atoms with Crippen LogP contribution in [0.4, 0.5) is 0 Å². The van der Waals surface area contributed by atoms with Crippen LogP contribution in [0.15, 0.2) is 60.7 Å². The summed E-state index contributed by atoms with van der Waals surface area (Å²) >= 11 is 0. The van der Waals surface area contributed by atoms with Crippen LogP contribution in [0.1, 0.15) is 48.6 Å². The Morgan fingerprint density at radius 3 is 2.12 bits per heavy atom. The van der Waals surface area contributed by atoms with Crippen LogP contribution in [0.3, 0.4) is 0 Å². The number of hydrogen-bond acceptors (Lipinski definition) is 2. The van der Waals surface area contributed by atoms with Gasteiger partial charge < -0.3 is 11.1 Å². The zero-order valence-corrected chi connectivity index (χ0v) is 14.0. The molecule has 3 nitrogen and oxygen atoms in total. The third-order valence-electron chi connectivity index (χ3n) is 5.10. The minimum atomic E-state index is -0.252. The number of nitrogens with one attached hydrogen (secondary N) is 1. The zero-order chi connectivity index (χ0) is 16.8. The largest absolute Gasteiger partial charge is 0.353 e. The number of amides is 1. The lowest BCUT2D eigenvalue weighted by Gasteiger charge is -2.30. The Kier molecular flexibility index (Phi) is 5.65. The topological polar surface area (TPSA) is 55.1 Å². The molecule has 0 radical (unpaired) electrons. The highest BCUT2D eigenvalue weighted by molar-refractivity contribution is 5.84. The molecular formula is C21H26N2O. The minimum Gasteiger partial charge on any atom is -0.353 e. The highest BCUT2D eigenvalue weighted by Gasteiger charge is 2.26. The van der Waals surface area contributed by atoms with Gasteiger partial charge in [0.25, 0.3) is 0 Å². The van der Waals surface area contributed by atoms with Gasteiger partial charge in [-0.05, 0) is 42.7 Å². The van der Waals surface area contributed by atoms with Gasteiger partial charge in [0.15, 0.2) is 0 Å². The van der Waals surface area contributed by atoms with E-state index in [1.54, 1.807) is 0 Å². The molecule has 1 unspecified atom stereocenters. The second-order valence-corrected chi connectivity index (χ2v) is 6.67. The van der Waals surface area contributed by atoms with Gasteiger partial charge in [0, 0.05) is 12.6 Å². The summed E-state index contributed by atoms with van der Waals surface area (Å²) in [7, 11) is 0. The Hall–Kier alpha value is -2.13. The summed E-state index contributed by atoms with van der Waals surface area (Å²) in [6, 6.07) is 20.8. The van der Waals surface area contributed by atoms with E-state index < -0.39 is 0 Å². The average Bonchev–Trinajstić information content (AvgIpc) is 2.64. The Labute approximate surface area is 144 Å².